The highest BCUT2D eigenvalue weighted by Crippen LogP contribution is 2.21. The van der Waals surface area contributed by atoms with E-state index >= 15 is 0 Å². The molecule has 0 aliphatic carbocycles. The maximum absolute atomic E-state index is 12.6. The van der Waals surface area contributed by atoms with Crippen LogP contribution < -0.4 is 0 Å². The van der Waals surface area contributed by atoms with Gasteiger partial charge in [-0.15, -0.1) is 0 Å². The van der Waals surface area contributed by atoms with Gasteiger partial charge in [-0.25, -0.2) is 4.98 Å². The van der Waals surface area contributed by atoms with Crippen molar-refractivity contribution >= 4 is 16.9 Å². The van der Waals surface area contributed by atoms with Crippen LogP contribution in [0.1, 0.15) is 11.1 Å². The third-order valence-corrected chi connectivity index (χ3v) is 4.78. The second kappa shape index (κ2) is 6.69. The first-order chi connectivity index (χ1) is 12.2. The Kier molecular flexibility index (Phi) is 4.24. The normalized spacial score (nSPS) is 16.6. The summed E-state index contributed by atoms with van der Waals surface area (Å²) in [5, 5.41) is 0. The molecular formula is C20H21N3O2. The smallest absolute Gasteiger partial charge is 0.242 e. The number of nitrogens with zero attached hydrogens (tertiary/aromatic N) is 3. The van der Waals surface area contributed by atoms with E-state index in [1.165, 1.54) is 11.1 Å². The van der Waals surface area contributed by atoms with Crippen LogP contribution in [0.5, 0.6) is 0 Å². The van der Waals surface area contributed by atoms with Crippen LogP contribution in [-0.4, -0.2) is 40.1 Å². The van der Waals surface area contributed by atoms with Crippen molar-refractivity contribution in [2.75, 3.05) is 13.6 Å². The van der Waals surface area contributed by atoms with E-state index in [-0.39, 0.29) is 12.0 Å². The Morgan fingerprint density at radius 3 is 2.84 bits per heavy atom. The van der Waals surface area contributed by atoms with Crippen molar-refractivity contribution in [2.24, 2.45) is 0 Å². The van der Waals surface area contributed by atoms with Crippen molar-refractivity contribution in [3.05, 3.63) is 66.0 Å². The number of carbonyl (C=O) groups is 1. The molecule has 0 bridgehead atoms. The Bertz CT molecular complexity index is 903. The summed E-state index contributed by atoms with van der Waals surface area (Å²) in [6.45, 7) is 1.51. The van der Waals surface area contributed by atoms with Gasteiger partial charge < -0.3 is 14.2 Å². The zero-order chi connectivity index (χ0) is 17.2. The van der Waals surface area contributed by atoms with Gasteiger partial charge in [0.25, 0.3) is 0 Å². The number of imidazole rings is 1. The minimum Gasteiger partial charge on any atom is -0.371 e. The van der Waals surface area contributed by atoms with E-state index in [0.717, 1.165) is 17.5 Å². The van der Waals surface area contributed by atoms with Crippen molar-refractivity contribution < 1.29 is 9.53 Å². The molecule has 2 heterocycles. The minimum atomic E-state index is 0.0448. The Morgan fingerprint density at radius 1 is 1.20 bits per heavy atom. The highest BCUT2D eigenvalue weighted by Gasteiger charge is 2.22. The molecule has 0 spiro atoms. The fraction of sp³-hybridized carbons (Fsp3) is 0.300. The van der Waals surface area contributed by atoms with Crippen LogP contribution in [0.25, 0.3) is 11.0 Å². The monoisotopic (exact) mass is 335 g/mol. The molecule has 1 amide bonds. The first-order valence-electron chi connectivity index (χ1n) is 8.53. The number of aromatic nitrogens is 2. The summed E-state index contributed by atoms with van der Waals surface area (Å²) in [5.41, 5.74) is 4.45. The van der Waals surface area contributed by atoms with Crippen LogP contribution >= 0.6 is 0 Å². The van der Waals surface area contributed by atoms with Gasteiger partial charge in [0.15, 0.2) is 0 Å². The van der Waals surface area contributed by atoms with E-state index in [2.05, 4.69) is 23.2 Å². The van der Waals surface area contributed by atoms with E-state index < -0.39 is 0 Å². The summed E-state index contributed by atoms with van der Waals surface area (Å²) in [6.07, 6.45) is 2.62. The molecule has 0 unspecified atom stereocenters. The minimum absolute atomic E-state index is 0.0448. The standard InChI is InChI=1S/C20H21N3O2/c1-22(11-17-10-15-6-2-3-7-16(15)13-25-17)20(24)12-23-14-21-18-8-4-5-9-19(18)23/h2-9,14,17H,10-13H2,1H3/t17-/m1/s1. The number of likely N-dealkylation sites (N-methyl/N-ethyl adjacent to an activating group) is 1. The van der Waals surface area contributed by atoms with E-state index in [9.17, 15) is 4.79 Å². The molecule has 0 saturated heterocycles. The zero-order valence-corrected chi connectivity index (χ0v) is 14.3. The van der Waals surface area contributed by atoms with Crippen LogP contribution in [-0.2, 0) is 29.1 Å². The van der Waals surface area contributed by atoms with Crippen LogP contribution in [0, 0.1) is 0 Å². The van der Waals surface area contributed by atoms with Gasteiger partial charge in [0.1, 0.15) is 6.54 Å². The topological polar surface area (TPSA) is 47.4 Å². The van der Waals surface area contributed by atoms with Crippen molar-refractivity contribution in [1.82, 2.24) is 14.5 Å². The van der Waals surface area contributed by atoms with Crippen molar-refractivity contribution in [3.8, 4) is 0 Å². The van der Waals surface area contributed by atoms with E-state index in [1.807, 2.05) is 41.9 Å². The Morgan fingerprint density at radius 2 is 1.96 bits per heavy atom. The average Bonchev–Trinajstić information content (AvgIpc) is 3.04. The number of benzene rings is 2. The second-order valence-electron chi connectivity index (χ2n) is 6.54. The molecule has 0 saturated carbocycles. The van der Waals surface area contributed by atoms with Gasteiger partial charge in [-0.05, 0) is 23.3 Å². The molecule has 0 N–H and O–H groups in total. The van der Waals surface area contributed by atoms with Crippen molar-refractivity contribution in [2.45, 2.75) is 25.7 Å². The van der Waals surface area contributed by atoms with Crippen LogP contribution in [0.4, 0.5) is 0 Å². The fourth-order valence-corrected chi connectivity index (χ4v) is 3.34. The summed E-state index contributed by atoms with van der Waals surface area (Å²) >= 11 is 0. The molecule has 5 heteroatoms. The Hall–Kier alpha value is -2.66. The zero-order valence-electron chi connectivity index (χ0n) is 14.3. The summed E-state index contributed by atoms with van der Waals surface area (Å²) in [7, 11) is 1.84. The first kappa shape index (κ1) is 15.8. The number of para-hydroxylation sites is 2. The lowest BCUT2D eigenvalue weighted by Crippen LogP contribution is -2.39. The fourth-order valence-electron chi connectivity index (χ4n) is 3.34. The molecule has 1 atom stereocenters. The SMILES string of the molecule is CN(C[C@H]1Cc2ccccc2CO1)C(=O)Cn1cnc2ccccc21. The average molecular weight is 335 g/mol. The maximum atomic E-state index is 12.6. The lowest BCUT2D eigenvalue weighted by molar-refractivity contribution is -0.132. The molecule has 128 valence electrons. The first-order valence-corrected chi connectivity index (χ1v) is 8.53. The largest absolute Gasteiger partial charge is 0.371 e. The van der Waals surface area contributed by atoms with Crippen LogP contribution in [0.3, 0.4) is 0 Å². The third kappa shape index (κ3) is 3.28. The van der Waals surface area contributed by atoms with E-state index in [1.54, 1.807) is 11.2 Å². The highest BCUT2D eigenvalue weighted by molar-refractivity contribution is 5.80. The predicted octanol–water partition coefficient (Wildman–Crippen LogP) is 2.64. The number of carbonyl (C=O) groups excluding carboxylic acids is 1. The molecule has 2 aromatic carbocycles. The summed E-state index contributed by atoms with van der Waals surface area (Å²) in [6, 6.07) is 16.2. The van der Waals surface area contributed by atoms with Gasteiger partial charge in [-0.3, -0.25) is 4.79 Å². The third-order valence-electron chi connectivity index (χ3n) is 4.78. The lowest BCUT2D eigenvalue weighted by Gasteiger charge is -2.29. The summed E-state index contributed by atoms with van der Waals surface area (Å²) < 4.78 is 7.81. The molecule has 1 aromatic heterocycles. The molecule has 4 rings (SSSR count). The second-order valence-corrected chi connectivity index (χ2v) is 6.54. The van der Waals surface area contributed by atoms with Gasteiger partial charge in [0.2, 0.25) is 5.91 Å². The quantitative estimate of drug-likeness (QED) is 0.736. The number of hydrogen-bond acceptors (Lipinski definition) is 3. The van der Waals surface area contributed by atoms with Crippen molar-refractivity contribution in [1.29, 1.82) is 0 Å². The van der Waals surface area contributed by atoms with Gasteiger partial charge in [0, 0.05) is 20.0 Å². The predicted molar refractivity (Wildman–Crippen MR) is 96.1 cm³/mol. The van der Waals surface area contributed by atoms with Gasteiger partial charge in [-0.2, -0.15) is 0 Å². The molecule has 0 fully saturated rings. The summed E-state index contributed by atoms with van der Waals surface area (Å²) in [4.78, 5) is 18.7. The molecule has 1 aliphatic heterocycles. The van der Waals surface area contributed by atoms with Crippen LogP contribution in [0.15, 0.2) is 54.9 Å². The molecule has 1 aliphatic rings. The number of hydrogen-bond donors (Lipinski definition) is 0. The number of amides is 1. The molecule has 25 heavy (non-hydrogen) atoms. The Balaban J connectivity index is 1.40. The van der Waals surface area contributed by atoms with Crippen molar-refractivity contribution in [3.63, 3.8) is 0 Å². The lowest BCUT2D eigenvalue weighted by atomic mass is 9.99. The summed E-state index contributed by atoms with van der Waals surface area (Å²) in [5.74, 6) is 0.0608. The molecule has 5 nitrogen and oxygen atoms in total. The number of fused-ring (bicyclic) bond motifs is 2. The number of ether oxygens (including phenoxy) is 1. The van der Waals surface area contributed by atoms with Gasteiger partial charge in [0.05, 0.1) is 30.1 Å². The van der Waals surface area contributed by atoms with Crippen LogP contribution in [0.2, 0.25) is 0 Å². The van der Waals surface area contributed by atoms with Gasteiger partial charge in [-0.1, -0.05) is 36.4 Å². The van der Waals surface area contributed by atoms with Gasteiger partial charge >= 0.3 is 0 Å². The Labute approximate surface area is 146 Å². The molecule has 0 radical (unpaired) electrons. The molecule has 3 aromatic rings. The highest BCUT2D eigenvalue weighted by atomic mass is 16.5. The van der Waals surface area contributed by atoms with E-state index in [4.69, 9.17) is 4.74 Å². The maximum Gasteiger partial charge on any atom is 0.242 e. The van der Waals surface area contributed by atoms with E-state index in [0.29, 0.717) is 19.7 Å². The number of rotatable bonds is 4. The molecular weight excluding hydrogens is 314 g/mol.